The van der Waals surface area contributed by atoms with Gasteiger partial charge in [0, 0.05) is 29.7 Å². The van der Waals surface area contributed by atoms with Crippen LogP contribution in [0.3, 0.4) is 0 Å². The van der Waals surface area contributed by atoms with Gasteiger partial charge in [-0.25, -0.2) is 0 Å². The number of hydrogen-bond donors (Lipinski definition) is 0. The minimum Gasteiger partial charge on any atom is -0.338 e. The van der Waals surface area contributed by atoms with Crippen molar-refractivity contribution in [3.8, 4) is 6.07 Å². The standard InChI is InChI=1S/C13H14BrN3O3/c1-3-16(8-9(2)7-15)13(18)11-6-10(17(19)20)4-5-12(11)14/h4-6,9H,3,8H2,1-2H3. The molecule has 6 nitrogen and oxygen atoms in total. The van der Waals surface area contributed by atoms with Gasteiger partial charge >= 0.3 is 0 Å². The van der Waals surface area contributed by atoms with Crippen molar-refractivity contribution < 1.29 is 9.72 Å². The highest BCUT2D eigenvalue weighted by Gasteiger charge is 2.21. The molecule has 0 heterocycles. The van der Waals surface area contributed by atoms with Gasteiger partial charge in [-0.3, -0.25) is 14.9 Å². The predicted octanol–water partition coefficient (Wildman–Crippen LogP) is 2.98. The third-order valence-corrected chi connectivity index (χ3v) is 3.47. The van der Waals surface area contributed by atoms with Gasteiger partial charge in [0.15, 0.2) is 0 Å². The Morgan fingerprint density at radius 1 is 1.60 bits per heavy atom. The van der Waals surface area contributed by atoms with Crippen LogP contribution >= 0.6 is 15.9 Å². The lowest BCUT2D eigenvalue weighted by molar-refractivity contribution is -0.384. The molecule has 20 heavy (non-hydrogen) atoms. The van der Waals surface area contributed by atoms with E-state index < -0.39 is 4.92 Å². The zero-order chi connectivity index (χ0) is 15.3. The summed E-state index contributed by atoms with van der Waals surface area (Å²) in [5.41, 5.74) is 0.0899. The van der Waals surface area contributed by atoms with E-state index in [4.69, 9.17) is 5.26 Å². The van der Waals surface area contributed by atoms with Crippen molar-refractivity contribution in [1.29, 1.82) is 5.26 Å². The number of nitrogens with zero attached hydrogens (tertiary/aromatic N) is 3. The lowest BCUT2D eigenvalue weighted by atomic mass is 10.1. The number of carbonyl (C=O) groups is 1. The number of nitriles is 1. The Morgan fingerprint density at radius 3 is 2.75 bits per heavy atom. The van der Waals surface area contributed by atoms with Crippen LogP contribution in [-0.2, 0) is 0 Å². The maximum Gasteiger partial charge on any atom is 0.270 e. The summed E-state index contributed by atoms with van der Waals surface area (Å²) >= 11 is 3.23. The molecule has 0 N–H and O–H groups in total. The van der Waals surface area contributed by atoms with Crippen molar-refractivity contribution >= 4 is 27.5 Å². The molecule has 1 atom stereocenters. The summed E-state index contributed by atoms with van der Waals surface area (Å²) in [5.74, 6) is -0.624. The van der Waals surface area contributed by atoms with Crippen molar-refractivity contribution in [2.75, 3.05) is 13.1 Å². The third-order valence-electron chi connectivity index (χ3n) is 2.77. The molecule has 0 radical (unpaired) electrons. The molecule has 0 saturated heterocycles. The zero-order valence-corrected chi connectivity index (χ0v) is 12.8. The first kappa shape index (κ1) is 16.1. The van der Waals surface area contributed by atoms with Gasteiger partial charge < -0.3 is 4.90 Å². The molecule has 0 bridgehead atoms. The van der Waals surface area contributed by atoms with Gasteiger partial charge in [-0.1, -0.05) is 0 Å². The Labute approximate surface area is 125 Å². The van der Waals surface area contributed by atoms with Crippen LogP contribution in [0.1, 0.15) is 24.2 Å². The number of carbonyl (C=O) groups excluding carboxylic acids is 1. The van der Waals surface area contributed by atoms with E-state index in [1.54, 1.807) is 13.8 Å². The van der Waals surface area contributed by atoms with Crippen LogP contribution in [0.15, 0.2) is 22.7 Å². The molecule has 1 rings (SSSR count). The molecule has 1 unspecified atom stereocenters. The molecule has 0 aliphatic heterocycles. The summed E-state index contributed by atoms with van der Waals surface area (Å²) in [6.07, 6.45) is 0. The van der Waals surface area contributed by atoms with Crippen molar-refractivity contribution in [3.05, 3.63) is 38.3 Å². The quantitative estimate of drug-likeness (QED) is 0.609. The summed E-state index contributed by atoms with van der Waals surface area (Å²) in [6.45, 7) is 4.24. The molecule has 7 heteroatoms. The van der Waals surface area contributed by atoms with Crippen LogP contribution in [0, 0.1) is 27.4 Å². The van der Waals surface area contributed by atoms with E-state index in [-0.39, 0.29) is 23.1 Å². The number of nitro benzene ring substituents is 1. The number of nitro groups is 1. The van der Waals surface area contributed by atoms with E-state index in [9.17, 15) is 14.9 Å². The van der Waals surface area contributed by atoms with Crippen LogP contribution in [0.25, 0.3) is 0 Å². The fourth-order valence-electron chi connectivity index (χ4n) is 1.69. The fourth-order valence-corrected chi connectivity index (χ4v) is 2.10. The van der Waals surface area contributed by atoms with Crippen LogP contribution < -0.4 is 0 Å². The number of amides is 1. The molecule has 0 spiro atoms. The first-order valence-corrected chi connectivity index (χ1v) is 6.82. The van der Waals surface area contributed by atoms with E-state index in [2.05, 4.69) is 22.0 Å². The Balaban J connectivity index is 3.09. The topological polar surface area (TPSA) is 87.2 Å². The van der Waals surface area contributed by atoms with Crippen molar-refractivity contribution in [1.82, 2.24) is 4.90 Å². The van der Waals surface area contributed by atoms with E-state index >= 15 is 0 Å². The summed E-state index contributed by atoms with van der Waals surface area (Å²) < 4.78 is 0.496. The second kappa shape index (κ2) is 7.01. The summed E-state index contributed by atoms with van der Waals surface area (Å²) in [6, 6.07) is 6.12. The predicted molar refractivity (Wildman–Crippen MR) is 77.2 cm³/mol. The molecule has 0 fully saturated rings. The number of non-ortho nitro benzene ring substituents is 1. The minimum absolute atomic E-state index is 0.138. The maximum absolute atomic E-state index is 12.4. The summed E-state index contributed by atoms with van der Waals surface area (Å²) in [4.78, 5) is 24.1. The largest absolute Gasteiger partial charge is 0.338 e. The molecular formula is C13H14BrN3O3. The zero-order valence-electron chi connectivity index (χ0n) is 11.2. The minimum atomic E-state index is -0.544. The molecule has 0 aromatic heterocycles. The second-order valence-corrected chi connectivity index (χ2v) is 5.15. The molecular weight excluding hydrogens is 326 g/mol. The van der Waals surface area contributed by atoms with E-state index in [1.807, 2.05) is 0 Å². The normalized spacial score (nSPS) is 11.5. The van der Waals surface area contributed by atoms with Gasteiger partial charge in [0.2, 0.25) is 0 Å². The van der Waals surface area contributed by atoms with Crippen molar-refractivity contribution in [3.63, 3.8) is 0 Å². The highest BCUT2D eigenvalue weighted by Crippen LogP contribution is 2.24. The second-order valence-electron chi connectivity index (χ2n) is 4.30. The molecule has 0 aliphatic carbocycles. The van der Waals surface area contributed by atoms with E-state index in [0.717, 1.165) is 0 Å². The monoisotopic (exact) mass is 339 g/mol. The van der Waals surface area contributed by atoms with E-state index in [0.29, 0.717) is 17.6 Å². The van der Waals surface area contributed by atoms with Crippen molar-refractivity contribution in [2.24, 2.45) is 5.92 Å². The van der Waals surface area contributed by atoms with Gasteiger partial charge in [0.25, 0.3) is 11.6 Å². The lowest BCUT2D eigenvalue weighted by Crippen LogP contribution is -2.34. The Morgan fingerprint density at radius 2 is 2.25 bits per heavy atom. The molecule has 0 aliphatic rings. The average molecular weight is 340 g/mol. The first-order valence-electron chi connectivity index (χ1n) is 6.03. The molecule has 1 aromatic carbocycles. The van der Waals surface area contributed by atoms with Gasteiger partial charge in [0.05, 0.1) is 22.5 Å². The molecule has 106 valence electrons. The van der Waals surface area contributed by atoms with Gasteiger partial charge in [-0.2, -0.15) is 5.26 Å². The maximum atomic E-state index is 12.4. The lowest BCUT2D eigenvalue weighted by Gasteiger charge is -2.22. The third kappa shape index (κ3) is 3.78. The average Bonchev–Trinajstić information content (AvgIpc) is 2.43. The van der Waals surface area contributed by atoms with Crippen LogP contribution in [-0.4, -0.2) is 28.8 Å². The van der Waals surface area contributed by atoms with Crippen LogP contribution in [0.4, 0.5) is 5.69 Å². The molecule has 1 amide bonds. The Kier molecular flexibility index (Phi) is 5.65. The Hall–Kier alpha value is -1.94. The van der Waals surface area contributed by atoms with Gasteiger partial charge in [-0.05, 0) is 35.8 Å². The number of halogens is 1. The van der Waals surface area contributed by atoms with E-state index in [1.165, 1.54) is 23.1 Å². The van der Waals surface area contributed by atoms with Gasteiger partial charge in [-0.15, -0.1) is 0 Å². The number of benzene rings is 1. The highest BCUT2D eigenvalue weighted by atomic mass is 79.9. The Bertz CT molecular complexity index is 568. The number of rotatable bonds is 5. The molecule has 1 aromatic rings. The first-order chi connectivity index (χ1) is 9.40. The van der Waals surface area contributed by atoms with Crippen LogP contribution in [0.5, 0.6) is 0 Å². The highest BCUT2D eigenvalue weighted by molar-refractivity contribution is 9.10. The number of hydrogen-bond acceptors (Lipinski definition) is 4. The molecule has 0 saturated carbocycles. The summed E-state index contributed by atoms with van der Waals surface area (Å²) in [7, 11) is 0. The van der Waals surface area contributed by atoms with Crippen LogP contribution in [0.2, 0.25) is 0 Å². The van der Waals surface area contributed by atoms with Crippen molar-refractivity contribution in [2.45, 2.75) is 13.8 Å². The van der Waals surface area contributed by atoms with Gasteiger partial charge in [0.1, 0.15) is 0 Å². The SMILES string of the molecule is CCN(CC(C)C#N)C(=O)c1cc([N+](=O)[O-])ccc1Br. The fraction of sp³-hybridized carbons (Fsp3) is 0.385. The summed E-state index contributed by atoms with van der Waals surface area (Å²) in [5, 5.41) is 19.6. The smallest absolute Gasteiger partial charge is 0.270 e.